The van der Waals surface area contributed by atoms with Gasteiger partial charge in [-0.2, -0.15) is 0 Å². The molecule has 0 radical (unpaired) electrons. The zero-order valence-corrected chi connectivity index (χ0v) is 15.6. The Kier molecular flexibility index (Phi) is 5.06. The third-order valence-electron chi connectivity index (χ3n) is 4.90. The standard InChI is InChI=1S/C25H24N2/c1-20-9-10-22(12-11-21-7-3-2-4-8-21)19-25(20)26-23-13-15-24(16-14-23)27-17-5-6-18-27/h2-10,13-19,26H,11-12H2,1H3. The molecule has 4 rings (SSSR count). The second-order valence-electron chi connectivity index (χ2n) is 6.90. The zero-order chi connectivity index (χ0) is 18.5. The molecule has 0 amide bonds. The molecule has 2 heteroatoms. The zero-order valence-electron chi connectivity index (χ0n) is 15.6. The van der Waals surface area contributed by atoms with E-state index in [4.69, 9.17) is 0 Å². The fourth-order valence-electron chi connectivity index (χ4n) is 3.27. The number of rotatable bonds is 6. The fourth-order valence-corrected chi connectivity index (χ4v) is 3.27. The van der Waals surface area contributed by atoms with Crippen LogP contribution in [0.2, 0.25) is 0 Å². The van der Waals surface area contributed by atoms with Crippen LogP contribution in [0.15, 0.2) is 97.3 Å². The van der Waals surface area contributed by atoms with Gasteiger partial charge in [0, 0.05) is 29.5 Å². The van der Waals surface area contributed by atoms with Gasteiger partial charge in [0.15, 0.2) is 0 Å². The van der Waals surface area contributed by atoms with Crippen LogP contribution in [0.25, 0.3) is 5.69 Å². The molecule has 0 saturated heterocycles. The molecule has 0 spiro atoms. The summed E-state index contributed by atoms with van der Waals surface area (Å²) in [5, 5.41) is 3.57. The van der Waals surface area contributed by atoms with Crippen LogP contribution in [-0.2, 0) is 12.8 Å². The number of aromatic nitrogens is 1. The van der Waals surface area contributed by atoms with Crippen LogP contribution in [0.3, 0.4) is 0 Å². The van der Waals surface area contributed by atoms with Crippen molar-refractivity contribution in [1.29, 1.82) is 0 Å². The average molecular weight is 352 g/mol. The van der Waals surface area contributed by atoms with Gasteiger partial charge in [-0.25, -0.2) is 0 Å². The Morgan fingerprint density at radius 3 is 2.15 bits per heavy atom. The summed E-state index contributed by atoms with van der Waals surface area (Å²) in [6.45, 7) is 2.15. The lowest BCUT2D eigenvalue weighted by atomic mass is 10.0. The minimum atomic E-state index is 1.05. The fraction of sp³-hybridized carbons (Fsp3) is 0.120. The Balaban J connectivity index is 1.46. The highest BCUT2D eigenvalue weighted by Gasteiger charge is 2.03. The summed E-state index contributed by atoms with van der Waals surface area (Å²) < 4.78 is 2.11. The highest BCUT2D eigenvalue weighted by molar-refractivity contribution is 5.64. The molecule has 0 unspecified atom stereocenters. The van der Waals surface area contributed by atoms with Gasteiger partial charge in [-0.3, -0.25) is 0 Å². The summed E-state index contributed by atoms with van der Waals surface area (Å²) in [4.78, 5) is 0. The molecule has 3 aromatic carbocycles. The molecular formula is C25H24N2. The van der Waals surface area contributed by atoms with E-state index in [-0.39, 0.29) is 0 Å². The number of nitrogens with zero attached hydrogens (tertiary/aromatic N) is 1. The summed E-state index contributed by atoms with van der Waals surface area (Å²) in [5.41, 5.74) is 7.44. The summed E-state index contributed by atoms with van der Waals surface area (Å²) in [5.74, 6) is 0. The lowest BCUT2D eigenvalue weighted by molar-refractivity contribution is 0.960. The smallest absolute Gasteiger partial charge is 0.0450 e. The number of aryl methyl sites for hydroxylation is 3. The van der Waals surface area contributed by atoms with E-state index in [1.165, 1.54) is 28.1 Å². The molecule has 27 heavy (non-hydrogen) atoms. The lowest BCUT2D eigenvalue weighted by Crippen LogP contribution is -1.97. The van der Waals surface area contributed by atoms with Crippen LogP contribution in [0.1, 0.15) is 16.7 Å². The van der Waals surface area contributed by atoms with Crippen molar-refractivity contribution in [3.63, 3.8) is 0 Å². The number of hydrogen-bond donors (Lipinski definition) is 1. The van der Waals surface area contributed by atoms with Crippen molar-refractivity contribution in [3.8, 4) is 5.69 Å². The van der Waals surface area contributed by atoms with Crippen LogP contribution in [0.5, 0.6) is 0 Å². The molecule has 4 aromatic rings. The quantitative estimate of drug-likeness (QED) is 0.430. The Labute approximate surface area is 161 Å². The molecule has 134 valence electrons. The first kappa shape index (κ1) is 17.2. The molecule has 0 aliphatic carbocycles. The Bertz CT molecular complexity index is 984. The maximum atomic E-state index is 3.57. The van der Waals surface area contributed by atoms with Gasteiger partial charge in [0.2, 0.25) is 0 Å². The summed E-state index contributed by atoms with van der Waals surface area (Å²) in [7, 11) is 0. The molecule has 1 heterocycles. The van der Waals surface area contributed by atoms with Gasteiger partial charge in [-0.15, -0.1) is 0 Å². The molecular weight excluding hydrogens is 328 g/mol. The topological polar surface area (TPSA) is 17.0 Å². The molecule has 0 aliphatic rings. The van der Waals surface area contributed by atoms with Crippen molar-refractivity contribution in [2.75, 3.05) is 5.32 Å². The van der Waals surface area contributed by atoms with Crippen molar-refractivity contribution in [1.82, 2.24) is 4.57 Å². The van der Waals surface area contributed by atoms with E-state index in [2.05, 4.69) is 102 Å². The van der Waals surface area contributed by atoms with Crippen LogP contribution >= 0.6 is 0 Å². The average Bonchev–Trinajstić information content (AvgIpc) is 3.25. The summed E-state index contributed by atoms with van der Waals surface area (Å²) in [6, 6.07) is 30.0. The van der Waals surface area contributed by atoms with Crippen molar-refractivity contribution in [2.45, 2.75) is 19.8 Å². The maximum absolute atomic E-state index is 3.57. The van der Waals surface area contributed by atoms with Crippen LogP contribution in [-0.4, -0.2) is 4.57 Å². The summed E-state index contributed by atoms with van der Waals surface area (Å²) >= 11 is 0. The Morgan fingerprint density at radius 1 is 0.704 bits per heavy atom. The first-order valence-electron chi connectivity index (χ1n) is 9.42. The number of nitrogens with one attached hydrogen (secondary N) is 1. The van der Waals surface area contributed by atoms with Gasteiger partial charge in [-0.05, 0) is 78.9 Å². The number of anilines is 2. The molecule has 0 bridgehead atoms. The first-order valence-corrected chi connectivity index (χ1v) is 9.42. The van der Waals surface area contributed by atoms with Crippen molar-refractivity contribution >= 4 is 11.4 Å². The van der Waals surface area contributed by atoms with E-state index in [9.17, 15) is 0 Å². The monoisotopic (exact) mass is 352 g/mol. The van der Waals surface area contributed by atoms with Crippen LogP contribution in [0.4, 0.5) is 11.4 Å². The van der Waals surface area contributed by atoms with Gasteiger partial charge >= 0.3 is 0 Å². The van der Waals surface area contributed by atoms with Crippen LogP contribution in [0, 0.1) is 6.92 Å². The highest BCUT2D eigenvalue weighted by atomic mass is 14.9. The van der Waals surface area contributed by atoms with Crippen molar-refractivity contribution in [3.05, 3.63) is 114 Å². The number of benzene rings is 3. The van der Waals surface area contributed by atoms with E-state index in [1.807, 2.05) is 12.1 Å². The van der Waals surface area contributed by atoms with Gasteiger partial charge < -0.3 is 9.88 Å². The molecule has 2 nitrogen and oxygen atoms in total. The highest BCUT2D eigenvalue weighted by Crippen LogP contribution is 2.24. The lowest BCUT2D eigenvalue weighted by Gasteiger charge is -2.13. The molecule has 0 saturated carbocycles. The molecule has 1 aromatic heterocycles. The van der Waals surface area contributed by atoms with E-state index in [1.54, 1.807) is 0 Å². The van der Waals surface area contributed by atoms with E-state index in [0.29, 0.717) is 0 Å². The van der Waals surface area contributed by atoms with E-state index in [0.717, 1.165) is 18.5 Å². The largest absolute Gasteiger partial charge is 0.355 e. The third-order valence-corrected chi connectivity index (χ3v) is 4.90. The second-order valence-corrected chi connectivity index (χ2v) is 6.90. The number of hydrogen-bond acceptors (Lipinski definition) is 1. The predicted octanol–water partition coefficient (Wildman–Crippen LogP) is 6.31. The maximum Gasteiger partial charge on any atom is 0.0450 e. The second kappa shape index (κ2) is 7.96. The molecule has 1 N–H and O–H groups in total. The first-order chi connectivity index (χ1) is 13.3. The molecule has 0 fully saturated rings. The minimum Gasteiger partial charge on any atom is -0.355 e. The van der Waals surface area contributed by atoms with Crippen molar-refractivity contribution in [2.24, 2.45) is 0 Å². The predicted molar refractivity (Wildman–Crippen MR) is 114 cm³/mol. The Morgan fingerprint density at radius 2 is 1.41 bits per heavy atom. The van der Waals surface area contributed by atoms with E-state index >= 15 is 0 Å². The minimum absolute atomic E-state index is 1.05. The SMILES string of the molecule is Cc1ccc(CCc2ccccc2)cc1Nc1ccc(-n2cccc2)cc1. The van der Waals surface area contributed by atoms with Gasteiger partial charge in [-0.1, -0.05) is 42.5 Å². The van der Waals surface area contributed by atoms with E-state index < -0.39 is 0 Å². The van der Waals surface area contributed by atoms with Crippen LogP contribution < -0.4 is 5.32 Å². The third kappa shape index (κ3) is 4.29. The van der Waals surface area contributed by atoms with Gasteiger partial charge in [0.05, 0.1) is 0 Å². The van der Waals surface area contributed by atoms with Crippen molar-refractivity contribution < 1.29 is 0 Å². The Hall–Kier alpha value is -3.26. The normalized spacial score (nSPS) is 10.7. The van der Waals surface area contributed by atoms with Gasteiger partial charge in [0.25, 0.3) is 0 Å². The molecule has 0 atom stereocenters. The summed E-state index contributed by atoms with van der Waals surface area (Å²) in [6.07, 6.45) is 6.23. The molecule has 0 aliphatic heterocycles. The van der Waals surface area contributed by atoms with Gasteiger partial charge in [0.1, 0.15) is 0 Å².